The molecule has 2 aliphatic carbocycles. The van der Waals surface area contributed by atoms with Crippen molar-refractivity contribution in [3.8, 4) is 11.3 Å². The SMILES string of the molecule is CCC(C)C(=O)N[C@H]1CC[C@H](CCN2CCCCC2c2coc3cccc-3c2)CC1. The zero-order valence-corrected chi connectivity index (χ0v) is 18.7. The third kappa shape index (κ3) is 5.08. The molecule has 2 atom stereocenters. The van der Waals surface area contributed by atoms with Crippen LogP contribution >= 0.6 is 0 Å². The van der Waals surface area contributed by atoms with E-state index in [4.69, 9.17) is 4.42 Å². The molecule has 2 unspecified atom stereocenters. The second-order valence-corrected chi connectivity index (χ2v) is 9.60. The molecule has 4 aliphatic rings. The van der Waals surface area contributed by atoms with Crippen LogP contribution in [0.25, 0.3) is 11.3 Å². The molecule has 4 nitrogen and oxygen atoms in total. The van der Waals surface area contributed by atoms with Gasteiger partial charge in [-0.3, -0.25) is 9.69 Å². The summed E-state index contributed by atoms with van der Waals surface area (Å²) in [6, 6.07) is 9.47. The van der Waals surface area contributed by atoms with E-state index in [0.717, 1.165) is 30.9 Å². The second kappa shape index (κ2) is 10.00. The van der Waals surface area contributed by atoms with E-state index in [1.54, 1.807) is 0 Å². The molecule has 164 valence electrons. The van der Waals surface area contributed by atoms with Gasteiger partial charge in [0, 0.05) is 29.1 Å². The number of carbonyl (C=O) groups is 1. The second-order valence-electron chi connectivity index (χ2n) is 9.60. The van der Waals surface area contributed by atoms with E-state index < -0.39 is 0 Å². The summed E-state index contributed by atoms with van der Waals surface area (Å²) in [6.45, 7) is 6.49. The Balaban J connectivity index is 1.28. The van der Waals surface area contributed by atoms with Gasteiger partial charge in [0.15, 0.2) is 0 Å². The molecular weight excluding hydrogens is 372 g/mol. The number of rotatable bonds is 7. The smallest absolute Gasteiger partial charge is 0.223 e. The van der Waals surface area contributed by atoms with Crippen molar-refractivity contribution in [2.24, 2.45) is 11.8 Å². The lowest BCUT2D eigenvalue weighted by Crippen LogP contribution is -2.40. The third-order valence-electron chi connectivity index (χ3n) is 7.53. The Hall–Kier alpha value is -1.81. The zero-order chi connectivity index (χ0) is 20.9. The Morgan fingerprint density at radius 3 is 2.83 bits per heavy atom. The lowest BCUT2D eigenvalue weighted by molar-refractivity contribution is -0.125. The number of likely N-dealkylation sites (tertiary alicyclic amines) is 1. The van der Waals surface area contributed by atoms with E-state index in [0.29, 0.717) is 12.1 Å². The van der Waals surface area contributed by atoms with Crippen LogP contribution in [-0.2, 0) is 4.79 Å². The average Bonchev–Trinajstić information content (AvgIpc) is 3.26. The quantitative estimate of drug-likeness (QED) is 0.607. The van der Waals surface area contributed by atoms with Crippen LogP contribution in [0.15, 0.2) is 34.9 Å². The normalized spacial score (nSPS) is 26.5. The van der Waals surface area contributed by atoms with Crippen LogP contribution in [0.3, 0.4) is 0 Å². The van der Waals surface area contributed by atoms with Gasteiger partial charge in [-0.25, -0.2) is 0 Å². The number of carbonyl (C=O) groups excluding carboxylic acids is 1. The number of amides is 1. The molecule has 2 aliphatic heterocycles. The minimum atomic E-state index is 0.137. The van der Waals surface area contributed by atoms with Crippen LogP contribution in [0.5, 0.6) is 0 Å². The highest BCUT2D eigenvalue weighted by atomic mass is 16.3. The Labute approximate surface area is 181 Å². The van der Waals surface area contributed by atoms with Crippen molar-refractivity contribution in [3.63, 3.8) is 0 Å². The molecule has 2 fully saturated rings. The predicted molar refractivity (Wildman–Crippen MR) is 121 cm³/mol. The first-order chi connectivity index (χ1) is 14.6. The summed E-state index contributed by atoms with van der Waals surface area (Å²) in [5.74, 6) is 2.16. The highest BCUT2D eigenvalue weighted by Gasteiger charge is 2.28. The van der Waals surface area contributed by atoms with Gasteiger partial charge in [-0.2, -0.15) is 0 Å². The number of fused-ring (bicyclic) bond motifs is 1. The molecule has 2 heterocycles. The van der Waals surface area contributed by atoms with Crippen LogP contribution in [0.1, 0.15) is 83.2 Å². The maximum Gasteiger partial charge on any atom is 0.223 e. The van der Waals surface area contributed by atoms with E-state index in [2.05, 4.69) is 35.3 Å². The largest absolute Gasteiger partial charge is 0.464 e. The molecule has 1 saturated carbocycles. The van der Waals surface area contributed by atoms with Gasteiger partial charge >= 0.3 is 0 Å². The lowest BCUT2D eigenvalue weighted by atomic mass is 9.83. The van der Waals surface area contributed by atoms with Crippen molar-refractivity contribution >= 4 is 5.91 Å². The Morgan fingerprint density at radius 2 is 2.03 bits per heavy atom. The molecule has 0 bridgehead atoms. The van der Waals surface area contributed by atoms with Gasteiger partial charge in [-0.15, -0.1) is 0 Å². The molecule has 0 radical (unpaired) electrons. The first-order valence-corrected chi connectivity index (χ1v) is 12.2. The first kappa shape index (κ1) is 21.4. The van der Waals surface area contributed by atoms with Crippen molar-refractivity contribution in [3.05, 3.63) is 36.1 Å². The van der Waals surface area contributed by atoms with Gasteiger partial charge in [0.05, 0.1) is 6.26 Å². The summed E-state index contributed by atoms with van der Waals surface area (Å²) in [4.78, 5) is 14.9. The molecule has 4 heteroatoms. The topological polar surface area (TPSA) is 45.5 Å². The Bertz CT molecular complexity index is 777. The zero-order valence-electron chi connectivity index (χ0n) is 18.7. The predicted octanol–water partition coefficient (Wildman–Crippen LogP) is 6.02. The molecule has 4 rings (SSSR count). The Morgan fingerprint density at radius 1 is 1.20 bits per heavy atom. The maximum atomic E-state index is 12.2. The van der Waals surface area contributed by atoms with Gasteiger partial charge in [-0.05, 0) is 82.5 Å². The summed E-state index contributed by atoms with van der Waals surface area (Å²) >= 11 is 0. The van der Waals surface area contributed by atoms with Crippen LogP contribution < -0.4 is 5.32 Å². The Kier molecular flexibility index (Phi) is 7.14. The summed E-state index contributed by atoms with van der Waals surface area (Å²) in [6.07, 6.45) is 12.8. The van der Waals surface area contributed by atoms with Crippen LogP contribution in [-0.4, -0.2) is 29.9 Å². The van der Waals surface area contributed by atoms with Crippen LogP contribution in [0.4, 0.5) is 0 Å². The number of hydrogen-bond donors (Lipinski definition) is 1. The van der Waals surface area contributed by atoms with Crippen molar-refractivity contribution in [1.82, 2.24) is 10.2 Å². The minimum absolute atomic E-state index is 0.137. The number of nitrogens with zero attached hydrogens (tertiary/aromatic N) is 1. The molecule has 0 aromatic rings. The number of nitrogens with one attached hydrogen (secondary N) is 1. The highest BCUT2D eigenvalue weighted by molar-refractivity contribution is 5.78. The third-order valence-corrected chi connectivity index (χ3v) is 7.53. The van der Waals surface area contributed by atoms with E-state index in [1.165, 1.54) is 62.7 Å². The van der Waals surface area contributed by atoms with Crippen LogP contribution in [0.2, 0.25) is 0 Å². The van der Waals surface area contributed by atoms with E-state index >= 15 is 0 Å². The van der Waals surface area contributed by atoms with E-state index in [9.17, 15) is 4.79 Å². The summed E-state index contributed by atoms with van der Waals surface area (Å²) < 4.78 is 5.89. The van der Waals surface area contributed by atoms with Gasteiger partial charge in [0.2, 0.25) is 5.91 Å². The monoisotopic (exact) mass is 410 g/mol. The molecular formula is C26H38N2O2. The molecule has 1 N–H and O–H groups in total. The fourth-order valence-electron chi connectivity index (χ4n) is 5.27. The average molecular weight is 411 g/mol. The summed E-state index contributed by atoms with van der Waals surface area (Å²) in [5, 5.41) is 3.28. The molecule has 30 heavy (non-hydrogen) atoms. The molecule has 1 saturated heterocycles. The first-order valence-electron chi connectivity index (χ1n) is 12.2. The van der Waals surface area contributed by atoms with Crippen molar-refractivity contribution < 1.29 is 9.21 Å². The fourth-order valence-corrected chi connectivity index (χ4v) is 5.27. The van der Waals surface area contributed by atoms with Crippen molar-refractivity contribution in [2.75, 3.05) is 13.1 Å². The number of piperidine rings is 1. The standard InChI is InChI=1S/C26H38N2O2/c1-3-19(2)26(29)27-23-12-10-20(11-13-23)14-16-28-15-5-4-8-24(28)22-17-21-7-6-9-25(21)30-18-22/h6-7,9,17-20,23-24H,3-5,8,10-16H2,1-2H3,(H,27,29)/t19?,20-,23-,24?. The minimum Gasteiger partial charge on any atom is -0.464 e. The fraction of sp³-hybridized carbons (Fsp3) is 0.654. The van der Waals surface area contributed by atoms with Gasteiger partial charge in [0.1, 0.15) is 5.76 Å². The molecule has 0 spiro atoms. The van der Waals surface area contributed by atoms with Gasteiger partial charge in [-0.1, -0.05) is 32.4 Å². The molecule has 0 aromatic heterocycles. The van der Waals surface area contributed by atoms with Crippen molar-refractivity contribution in [2.45, 2.75) is 83.7 Å². The number of hydrogen-bond acceptors (Lipinski definition) is 3. The summed E-state index contributed by atoms with van der Waals surface area (Å²) in [7, 11) is 0. The van der Waals surface area contributed by atoms with Crippen LogP contribution in [0, 0.1) is 11.8 Å². The molecule has 1 amide bonds. The van der Waals surface area contributed by atoms with Gasteiger partial charge < -0.3 is 9.73 Å². The highest BCUT2D eigenvalue weighted by Crippen LogP contribution is 2.36. The maximum absolute atomic E-state index is 12.2. The van der Waals surface area contributed by atoms with Crippen molar-refractivity contribution in [1.29, 1.82) is 0 Å². The molecule has 0 aromatic carbocycles. The van der Waals surface area contributed by atoms with E-state index in [-0.39, 0.29) is 11.8 Å². The lowest BCUT2D eigenvalue weighted by Gasteiger charge is -2.37. The summed E-state index contributed by atoms with van der Waals surface area (Å²) in [5.41, 5.74) is 2.56. The van der Waals surface area contributed by atoms with E-state index in [1.807, 2.05) is 19.3 Å². The van der Waals surface area contributed by atoms with Gasteiger partial charge in [0.25, 0.3) is 0 Å².